The largest absolute Gasteiger partial charge is 0.352 e. The van der Waals surface area contributed by atoms with E-state index in [-0.39, 0.29) is 6.03 Å². The first kappa shape index (κ1) is 20.7. The molecule has 0 atom stereocenters. The second-order valence-corrected chi connectivity index (χ2v) is 10.1. The van der Waals surface area contributed by atoms with Gasteiger partial charge in [0.15, 0.2) is 0 Å². The molecule has 0 radical (unpaired) electrons. The Labute approximate surface area is 194 Å². The van der Waals surface area contributed by atoms with Gasteiger partial charge < -0.3 is 15.1 Å². The van der Waals surface area contributed by atoms with Gasteiger partial charge in [0.1, 0.15) is 16.5 Å². The molecular formula is C23H26BrN5OS. The lowest BCUT2D eigenvalue weighted by atomic mass is 9.97. The molecule has 6 nitrogen and oxygen atoms in total. The third-order valence-electron chi connectivity index (χ3n) is 6.10. The fourth-order valence-corrected chi connectivity index (χ4v) is 6.13. The second-order valence-electron chi connectivity index (χ2n) is 8.12. The quantitative estimate of drug-likeness (QED) is 0.534. The number of benzene rings is 1. The van der Waals surface area contributed by atoms with Crippen LogP contribution in [0.3, 0.4) is 0 Å². The molecule has 2 aliphatic rings. The summed E-state index contributed by atoms with van der Waals surface area (Å²) in [5, 5.41) is 4.27. The molecule has 3 heterocycles. The molecule has 1 aliphatic carbocycles. The minimum Gasteiger partial charge on any atom is -0.352 e. The van der Waals surface area contributed by atoms with Crippen LogP contribution in [0.2, 0.25) is 0 Å². The van der Waals surface area contributed by atoms with Crippen molar-refractivity contribution in [2.24, 2.45) is 0 Å². The molecule has 2 amide bonds. The molecule has 5 rings (SSSR count). The van der Waals surface area contributed by atoms with Crippen LogP contribution in [0.4, 0.5) is 16.3 Å². The monoisotopic (exact) mass is 499 g/mol. The summed E-state index contributed by atoms with van der Waals surface area (Å²) in [4.78, 5) is 29.4. The van der Waals surface area contributed by atoms with E-state index in [1.165, 1.54) is 35.1 Å². The number of thiophene rings is 1. The van der Waals surface area contributed by atoms with Crippen LogP contribution in [0.1, 0.15) is 36.0 Å². The Bertz CT molecular complexity index is 1120. The van der Waals surface area contributed by atoms with Gasteiger partial charge >= 0.3 is 6.03 Å². The van der Waals surface area contributed by atoms with Crippen molar-refractivity contribution < 1.29 is 4.79 Å². The summed E-state index contributed by atoms with van der Waals surface area (Å²) >= 11 is 5.31. The first-order valence-corrected chi connectivity index (χ1v) is 12.6. The van der Waals surface area contributed by atoms with Crippen LogP contribution in [-0.2, 0) is 19.3 Å². The normalized spacial score (nSPS) is 16.5. The predicted molar refractivity (Wildman–Crippen MR) is 130 cm³/mol. The van der Waals surface area contributed by atoms with Crippen molar-refractivity contribution in [2.75, 3.05) is 36.4 Å². The lowest BCUT2D eigenvalue weighted by Gasteiger charge is -2.36. The van der Waals surface area contributed by atoms with E-state index in [9.17, 15) is 4.79 Å². The second kappa shape index (κ2) is 8.74. The predicted octanol–water partition coefficient (Wildman–Crippen LogP) is 5.25. The SMILES string of the molecule is CCc1nc(N2CCN(C(=O)Nc3cccc(Br)c3)CC2)c2c3c(sc2n1)CCCC3. The zero-order chi connectivity index (χ0) is 21.4. The Hall–Kier alpha value is -2.19. The average Bonchev–Trinajstić information content (AvgIpc) is 3.17. The van der Waals surface area contributed by atoms with Crippen LogP contribution >= 0.6 is 27.3 Å². The van der Waals surface area contributed by atoms with Crippen LogP contribution in [0.15, 0.2) is 28.7 Å². The van der Waals surface area contributed by atoms with Gasteiger partial charge in [-0.25, -0.2) is 14.8 Å². The topological polar surface area (TPSA) is 61.4 Å². The fourth-order valence-electron chi connectivity index (χ4n) is 4.46. The van der Waals surface area contributed by atoms with Gasteiger partial charge in [0.2, 0.25) is 0 Å². The van der Waals surface area contributed by atoms with Gasteiger partial charge in [-0.2, -0.15) is 0 Å². The Morgan fingerprint density at radius 1 is 1.16 bits per heavy atom. The van der Waals surface area contributed by atoms with Gasteiger partial charge in [-0.3, -0.25) is 0 Å². The molecule has 1 aliphatic heterocycles. The number of hydrogen-bond donors (Lipinski definition) is 1. The maximum Gasteiger partial charge on any atom is 0.321 e. The molecule has 1 fully saturated rings. The molecule has 0 bridgehead atoms. The number of aryl methyl sites for hydroxylation is 3. The maximum atomic E-state index is 12.7. The molecule has 0 spiro atoms. The van der Waals surface area contributed by atoms with Crippen molar-refractivity contribution in [1.82, 2.24) is 14.9 Å². The number of carbonyl (C=O) groups excluding carboxylic acids is 1. The van der Waals surface area contributed by atoms with E-state index in [0.717, 1.165) is 52.6 Å². The number of piperazine rings is 1. The Balaban J connectivity index is 1.35. The van der Waals surface area contributed by atoms with E-state index in [1.54, 1.807) is 0 Å². The maximum absolute atomic E-state index is 12.7. The number of rotatable bonds is 3. The highest BCUT2D eigenvalue weighted by Crippen LogP contribution is 2.40. The van der Waals surface area contributed by atoms with Gasteiger partial charge in [0.05, 0.1) is 5.39 Å². The van der Waals surface area contributed by atoms with Gasteiger partial charge in [0.25, 0.3) is 0 Å². The number of aromatic nitrogens is 2. The highest BCUT2D eigenvalue weighted by atomic mass is 79.9. The van der Waals surface area contributed by atoms with Crippen LogP contribution in [0.5, 0.6) is 0 Å². The smallest absolute Gasteiger partial charge is 0.321 e. The Kier molecular flexibility index (Phi) is 5.84. The van der Waals surface area contributed by atoms with E-state index in [1.807, 2.05) is 40.5 Å². The summed E-state index contributed by atoms with van der Waals surface area (Å²) in [6.45, 7) is 5.04. The number of hydrogen-bond acceptors (Lipinski definition) is 5. The standard InChI is InChI=1S/C23H26BrN5OS/c1-2-19-26-21(20-17-8-3-4-9-18(17)31-22(20)27-19)28-10-12-29(13-11-28)23(30)25-16-7-5-6-15(24)14-16/h5-7,14H,2-4,8-13H2,1H3,(H,25,30). The summed E-state index contributed by atoms with van der Waals surface area (Å²) in [7, 11) is 0. The molecule has 2 aromatic heterocycles. The molecule has 8 heteroatoms. The molecule has 3 aromatic rings. The zero-order valence-electron chi connectivity index (χ0n) is 17.7. The molecule has 0 unspecified atom stereocenters. The van der Waals surface area contributed by atoms with E-state index in [4.69, 9.17) is 9.97 Å². The minimum absolute atomic E-state index is 0.0484. The third-order valence-corrected chi connectivity index (χ3v) is 7.78. The van der Waals surface area contributed by atoms with Gasteiger partial charge in [-0.1, -0.05) is 28.9 Å². The third kappa shape index (κ3) is 4.15. The summed E-state index contributed by atoms with van der Waals surface area (Å²) in [5.41, 5.74) is 2.27. The number of fused-ring (bicyclic) bond motifs is 3. The molecular weight excluding hydrogens is 474 g/mol. The van der Waals surface area contributed by atoms with Crippen LogP contribution in [-0.4, -0.2) is 47.1 Å². The van der Waals surface area contributed by atoms with Gasteiger partial charge in [0, 0.05) is 47.6 Å². The van der Waals surface area contributed by atoms with Crippen molar-refractivity contribution >= 4 is 55.0 Å². The average molecular weight is 500 g/mol. The van der Waals surface area contributed by atoms with Crippen LogP contribution in [0.25, 0.3) is 10.2 Å². The van der Waals surface area contributed by atoms with E-state index in [0.29, 0.717) is 13.1 Å². The summed E-state index contributed by atoms with van der Waals surface area (Å²) < 4.78 is 0.953. The lowest BCUT2D eigenvalue weighted by Crippen LogP contribution is -2.50. The van der Waals surface area contributed by atoms with Crippen molar-refractivity contribution in [2.45, 2.75) is 39.0 Å². The van der Waals surface area contributed by atoms with E-state index < -0.39 is 0 Å². The number of urea groups is 1. The molecule has 1 aromatic carbocycles. The van der Waals surface area contributed by atoms with Crippen molar-refractivity contribution in [3.63, 3.8) is 0 Å². The highest BCUT2D eigenvalue weighted by Gasteiger charge is 2.27. The Morgan fingerprint density at radius 2 is 1.97 bits per heavy atom. The van der Waals surface area contributed by atoms with E-state index >= 15 is 0 Å². The first-order valence-electron chi connectivity index (χ1n) is 11.0. The molecule has 31 heavy (non-hydrogen) atoms. The number of halogens is 1. The fraction of sp³-hybridized carbons (Fsp3) is 0.435. The van der Waals surface area contributed by atoms with Crippen LogP contribution in [0, 0.1) is 0 Å². The minimum atomic E-state index is -0.0484. The Morgan fingerprint density at radius 3 is 2.74 bits per heavy atom. The summed E-state index contributed by atoms with van der Waals surface area (Å²) in [6.07, 6.45) is 5.65. The lowest BCUT2D eigenvalue weighted by molar-refractivity contribution is 0.208. The zero-order valence-corrected chi connectivity index (χ0v) is 20.1. The van der Waals surface area contributed by atoms with Gasteiger partial charge in [-0.15, -0.1) is 11.3 Å². The molecule has 1 N–H and O–H groups in total. The van der Waals surface area contributed by atoms with Gasteiger partial charge in [-0.05, 0) is 49.4 Å². The van der Waals surface area contributed by atoms with Crippen LogP contribution < -0.4 is 10.2 Å². The van der Waals surface area contributed by atoms with Crippen molar-refractivity contribution in [3.8, 4) is 0 Å². The highest BCUT2D eigenvalue weighted by molar-refractivity contribution is 9.10. The van der Waals surface area contributed by atoms with Crippen molar-refractivity contribution in [3.05, 3.63) is 45.0 Å². The van der Waals surface area contributed by atoms with Crippen molar-refractivity contribution in [1.29, 1.82) is 0 Å². The number of carbonyl (C=O) groups is 1. The summed E-state index contributed by atoms with van der Waals surface area (Å²) in [5.74, 6) is 1.99. The molecule has 0 saturated carbocycles. The molecule has 1 saturated heterocycles. The molecule has 162 valence electrons. The first-order chi connectivity index (χ1) is 15.1. The van der Waals surface area contributed by atoms with E-state index in [2.05, 4.69) is 33.1 Å². The number of anilines is 2. The number of nitrogens with zero attached hydrogens (tertiary/aromatic N) is 4. The number of nitrogens with one attached hydrogen (secondary N) is 1. The summed E-state index contributed by atoms with van der Waals surface area (Å²) in [6, 6.07) is 7.64. The number of amides is 2.